The van der Waals surface area contributed by atoms with E-state index in [0.717, 1.165) is 12.1 Å². The number of benzene rings is 1. The Hall–Kier alpha value is -1.98. The largest absolute Gasteiger partial charge is 0.481 e. The molecule has 4 nitrogen and oxygen atoms in total. The summed E-state index contributed by atoms with van der Waals surface area (Å²) in [6.45, 7) is 4.40. The molecule has 0 saturated heterocycles. The topological polar surface area (TPSA) is 66.4 Å². The SMILES string of the molecule is CC(NC(=O)CC(C)(C)C(=O)O)c1ccc(F)cc1F. The summed E-state index contributed by atoms with van der Waals surface area (Å²) in [5.41, 5.74) is -1.06. The lowest BCUT2D eigenvalue weighted by Gasteiger charge is -2.21. The van der Waals surface area contributed by atoms with Crippen LogP contribution in [0.25, 0.3) is 0 Å². The second kappa shape index (κ2) is 5.98. The lowest BCUT2D eigenvalue weighted by molar-refractivity contribution is -0.149. The van der Waals surface area contributed by atoms with Crippen molar-refractivity contribution in [3.63, 3.8) is 0 Å². The first-order valence-corrected chi connectivity index (χ1v) is 6.11. The van der Waals surface area contributed by atoms with E-state index < -0.39 is 35.0 Å². The van der Waals surface area contributed by atoms with Gasteiger partial charge in [-0.3, -0.25) is 9.59 Å². The van der Waals surface area contributed by atoms with Gasteiger partial charge in [0.05, 0.1) is 11.5 Å². The quantitative estimate of drug-likeness (QED) is 0.874. The second-order valence-electron chi connectivity index (χ2n) is 5.32. The molecule has 2 N–H and O–H groups in total. The normalized spacial score (nSPS) is 12.8. The molecule has 0 aliphatic rings. The highest BCUT2D eigenvalue weighted by Gasteiger charge is 2.30. The zero-order valence-corrected chi connectivity index (χ0v) is 11.5. The van der Waals surface area contributed by atoms with Crippen molar-refractivity contribution in [3.05, 3.63) is 35.4 Å². The van der Waals surface area contributed by atoms with Crippen LogP contribution in [0.15, 0.2) is 18.2 Å². The van der Waals surface area contributed by atoms with Crippen LogP contribution in [-0.2, 0) is 9.59 Å². The summed E-state index contributed by atoms with van der Waals surface area (Å²) in [6, 6.07) is 2.41. The number of carboxylic acid groups (broad SMARTS) is 1. The molecule has 1 rings (SSSR count). The molecule has 1 amide bonds. The number of carbonyl (C=O) groups is 2. The lowest BCUT2D eigenvalue weighted by Crippen LogP contribution is -2.34. The van der Waals surface area contributed by atoms with Crippen LogP contribution in [-0.4, -0.2) is 17.0 Å². The molecule has 0 heterocycles. The van der Waals surface area contributed by atoms with Crippen LogP contribution < -0.4 is 5.32 Å². The Balaban J connectivity index is 2.73. The van der Waals surface area contributed by atoms with Gasteiger partial charge in [-0.25, -0.2) is 8.78 Å². The number of amides is 1. The minimum atomic E-state index is -1.20. The van der Waals surface area contributed by atoms with E-state index in [0.29, 0.717) is 0 Å². The first-order chi connectivity index (χ1) is 9.13. The van der Waals surface area contributed by atoms with Gasteiger partial charge < -0.3 is 10.4 Å². The molecule has 1 aromatic rings. The summed E-state index contributed by atoms with van der Waals surface area (Å²) in [5, 5.41) is 11.4. The fraction of sp³-hybridized carbons (Fsp3) is 0.429. The summed E-state index contributed by atoms with van der Waals surface area (Å²) < 4.78 is 26.3. The van der Waals surface area contributed by atoms with E-state index in [1.54, 1.807) is 6.92 Å². The van der Waals surface area contributed by atoms with Gasteiger partial charge in [-0.05, 0) is 26.8 Å². The van der Waals surface area contributed by atoms with Crippen molar-refractivity contribution in [2.24, 2.45) is 5.41 Å². The van der Waals surface area contributed by atoms with Gasteiger partial charge >= 0.3 is 5.97 Å². The molecule has 0 aliphatic heterocycles. The van der Waals surface area contributed by atoms with Crippen LogP contribution in [0.2, 0.25) is 0 Å². The average Bonchev–Trinajstić information content (AvgIpc) is 2.26. The van der Waals surface area contributed by atoms with E-state index in [1.165, 1.54) is 19.9 Å². The summed E-state index contributed by atoms with van der Waals surface area (Å²) in [4.78, 5) is 22.7. The number of rotatable bonds is 5. The number of hydrogen-bond acceptors (Lipinski definition) is 2. The van der Waals surface area contributed by atoms with E-state index in [2.05, 4.69) is 5.32 Å². The Bertz CT molecular complexity index is 529. The molecule has 1 unspecified atom stereocenters. The van der Waals surface area contributed by atoms with Gasteiger partial charge in [0.1, 0.15) is 11.6 Å². The third-order valence-electron chi connectivity index (χ3n) is 2.99. The second-order valence-corrected chi connectivity index (χ2v) is 5.32. The Morgan fingerprint density at radius 2 is 1.95 bits per heavy atom. The van der Waals surface area contributed by atoms with Crippen LogP contribution in [0.5, 0.6) is 0 Å². The number of nitrogens with one attached hydrogen (secondary N) is 1. The molecule has 20 heavy (non-hydrogen) atoms. The van der Waals surface area contributed by atoms with Crippen molar-refractivity contribution in [2.75, 3.05) is 0 Å². The lowest BCUT2D eigenvalue weighted by atomic mass is 9.89. The van der Waals surface area contributed by atoms with Crippen molar-refractivity contribution in [1.29, 1.82) is 0 Å². The van der Waals surface area contributed by atoms with Gasteiger partial charge in [0, 0.05) is 18.1 Å². The van der Waals surface area contributed by atoms with Gasteiger partial charge in [0.2, 0.25) is 5.91 Å². The fourth-order valence-electron chi connectivity index (χ4n) is 1.70. The predicted octanol–water partition coefficient (Wildman–Crippen LogP) is 2.64. The number of hydrogen-bond donors (Lipinski definition) is 2. The van der Waals surface area contributed by atoms with Gasteiger partial charge in [-0.2, -0.15) is 0 Å². The molecule has 1 aromatic carbocycles. The zero-order chi connectivity index (χ0) is 15.5. The van der Waals surface area contributed by atoms with Crippen LogP contribution in [0, 0.1) is 17.0 Å². The van der Waals surface area contributed by atoms with Crippen molar-refractivity contribution in [1.82, 2.24) is 5.32 Å². The molecule has 0 bridgehead atoms. The zero-order valence-electron chi connectivity index (χ0n) is 11.5. The highest BCUT2D eigenvalue weighted by molar-refractivity contribution is 5.84. The maximum absolute atomic E-state index is 13.5. The van der Waals surface area contributed by atoms with E-state index in [-0.39, 0.29) is 12.0 Å². The molecule has 0 spiro atoms. The Morgan fingerprint density at radius 3 is 2.45 bits per heavy atom. The molecule has 0 aliphatic carbocycles. The van der Waals surface area contributed by atoms with Crippen LogP contribution in [0.1, 0.15) is 38.8 Å². The van der Waals surface area contributed by atoms with Gasteiger partial charge in [0.15, 0.2) is 0 Å². The summed E-state index contributed by atoms with van der Waals surface area (Å²) >= 11 is 0. The van der Waals surface area contributed by atoms with E-state index >= 15 is 0 Å². The molecule has 0 aromatic heterocycles. The molecule has 0 radical (unpaired) electrons. The molecule has 1 atom stereocenters. The Kier molecular flexibility index (Phi) is 4.81. The van der Waals surface area contributed by atoms with Crippen molar-refractivity contribution < 1.29 is 23.5 Å². The van der Waals surface area contributed by atoms with Crippen molar-refractivity contribution >= 4 is 11.9 Å². The monoisotopic (exact) mass is 285 g/mol. The average molecular weight is 285 g/mol. The fourth-order valence-corrected chi connectivity index (χ4v) is 1.70. The van der Waals surface area contributed by atoms with Crippen molar-refractivity contribution in [3.8, 4) is 0 Å². The van der Waals surface area contributed by atoms with Gasteiger partial charge in [-0.1, -0.05) is 6.07 Å². The molecule has 6 heteroatoms. The minimum absolute atomic E-state index is 0.146. The van der Waals surface area contributed by atoms with Crippen LogP contribution in [0.3, 0.4) is 0 Å². The van der Waals surface area contributed by atoms with E-state index in [1.807, 2.05) is 0 Å². The number of halogens is 2. The summed E-state index contributed by atoms with van der Waals surface area (Å²) in [5.74, 6) is -3.05. The Labute approximate surface area is 115 Å². The molecule has 110 valence electrons. The number of carboxylic acids is 1. The first kappa shape index (κ1) is 16.1. The summed E-state index contributed by atoms with van der Waals surface area (Å²) in [7, 11) is 0. The number of carbonyl (C=O) groups excluding carboxylic acids is 1. The third-order valence-corrected chi connectivity index (χ3v) is 2.99. The van der Waals surface area contributed by atoms with E-state index in [4.69, 9.17) is 5.11 Å². The maximum atomic E-state index is 13.5. The molecule has 0 fully saturated rings. The van der Waals surface area contributed by atoms with Gasteiger partial charge in [-0.15, -0.1) is 0 Å². The highest BCUT2D eigenvalue weighted by Crippen LogP contribution is 2.22. The smallest absolute Gasteiger partial charge is 0.309 e. The molecular weight excluding hydrogens is 268 g/mol. The maximum Gasteiger partial charge on any atom is 0.309 e. The van der Waals surface area contributed by atoms with Gasteiger partial charge in [0.25, 0.3) is 0 Å². The first-order valence-electron chi connectivity index (χ1n) is 6.11. The predicted molar refractivity (Wildman–Crippen MR) is 68.9 cm³/mol. The molecule has 0 saturated carbocycles. The van der Waals surface area contributed by atoms with Crippen LogP contribution >= 0.6 is 0 Å². The minimum Gasteiger partial charge on any atom is -0.481 e. The third kappa shape index (κ3) is 4.01. The van der Waals surface area contributed by atoms with Crippen LogP contribution in [0.4, 0.5) is 8.78 Å². The van der Waals surface area contributed by atoms with E-state index in [9.17, 15) is 18.4 Å². The Morgan fingerprint density at radius 1 is 1.35 bits per heavy atom. The highest BCUT2D eigenvalue weighted by atomic mass is 19.1. The van der Waals surface area contributed by atoms with Crippen molar-refractivity contribution in [2.45, 2.75) is 33.2 Å². The summed E-state index contributed by atoms with van der Waals surface area (Å²) in [6.07, 6.45) is -0.227. The molecular formula is C14H17F2NO3. The number of aliphatic carboxylic acids is 1. The standard InChI is InChI=1S/C14H17F2NO3/c1-8(10-5-4-9(15)6-11(10)16)17-12(18)7-14(2,3)13(19)20/h4-6,8H,7H2,1-3H3,(H,17,18)(H,19,20).